The molecule has 0 aliphatic carbocycles. The molecule has 0 spiro atoms. The maximum Gasteiger partial charge on any atom is 0.128 e. The van der Waals surface area contributed by atoms with Gasteiger partial charge < -0.3 is 0 Å². The normalized spacial score (nSPS) is 18.8. The smallest absolute Gasteiger partial charge is 0.128 e. The Morgan fingerprint density at radius 2 is 2.17 bits per heavy atom. The van der Waals surface area contributed by atoms with Crippen molar-refractivity contribution in [1.29, 1.82) is 0 Å². The zero-order chi connectivity index (χ0) is 12.7. The van der Waals surface area contributed by atoms with E-state index < -0.39 is 0 Å². The maximum absolute atomic E-state index is 13.4. The van der Waals surface area contributed by atoms with Crippen molar-refractivity contribution in [2.75, 3.05) is 13.6 Å². The van der Waals surface area contributed by atoms with Crippen LogP contribution in [0.15, 0.2) is 29.5 Å². The quantitative estimate of drug-likeness (QED) is 0.770. The number of likely N-dealkylation sites (N-methyl/N-ethyl adjacent to an activating group) is 1. The fourth-order valence-electron chi connectivity index (χ4n) is 2.25. The third kappa shape index (κ3) is 1.83. The molecular formula is C14H14FN3. The Kier molecular flexibility index (Phi) is 2.51. The summed E-state index contributed by atoms with van der Waals surface area (Å²) in [5, 5.41) is 7.11. The first-order valence-electron chi connectivity index (χ1n) is 5.94. The van der Waals surface area contributed by atoms with Gasteiger partial charge in [-0.1, -0.05) is 0 Å². The SMILES string of the molecule is Cc1cc2cc(C3C=NN(C)C3)cnc2cc1F. The lowest BCUT2D eigenvalue weighted by molar-refractivity contribution is 0.381. The molecule has 3 rings (SSSR count). The molecule has 1 aliphatic heterocycles. The summed E-state index contributed by atoms with van der Waals surface area (Å²) in [5.41, 5.74) is 2.48. The van der Waals surface area contributed by atoms with Gasteiger partial charge in [0.2, 0.25) is 0 Å². The highest BCUT2D eigenvalue weighted by Crippen LogP contribution is 2.24. The highest BCUT2D eigenvalue weighted by atomic mass is 19.1. The lowest BCUT2D eigenvalue weighted by atomic mass is 10.0. The number of benzene rings is 1. The molecule has 1 atom stereocenters. The Bertz CT molecular complexity index is 636. The second-order valence-electron chi connectivity index (χ2n) is 4.77. The molecule has 1 unspecified atom stereocenters. The Labute approximate surface area is 105 Å². The molecule has 0 N–H and O–H groups in total. The standard InChI is InChI=1S/C14H14FN3/c1-9-3-10-4-11(12-7-17-18(2)8-12)6-16-14(10)5-13(9)15/h3-7,12H,8H2,1-2H3. The van der Waals surface area contributed by atoms with Gasteiger partial charge in [-0.25, -0.2) is 4.39 Å². The first-order chi connectivity index (χ1) is 8.63. The lowest BCUT2D eigenvalue weighted by Gasteiger charge is -2.11. The van der Waals surface area contributed by atoms with Gasteiger partial charge in [0.05, 0.1) is 5.52 Å². The summed E-state index contributed by atoms with van der Waals surface area (Å²) in [7, 11) is 1.95. The van der Waals surface area contributed by atoms with E-state index in [0.717, 1.165) is 17.5 Å². The summed E-state index contributed by atoms with van der Waals surface area (Å²) in [6.07, 6.45) is 3.74. The maximum atomic E-state index is 13.4. The van der Waals surface area contributed by atoms with Gasteiger partial charge in [-0.2, -0.15) is 5.10 Å². The van der Waals surface area contributed by atoms with Crippen LogP contribution >= 0.6 is 0 Å². The number of fused-ring (bicyclic) bond motifs is 1. The molecule has 2 aromatic rings. The Morgan fingerprint density at radius 1 is 1.33 bits per heavy atom. The first kappa shape index (κ1) is 11.1. The van der Waals surface area contributed by atoms with Crippen molar-refractivity contribution in [3.8, 4) is 0 Å². The van der Waals surface area contributed by atoms with E-state index in [9.17, 15) is 4.39 Å². The van der Waals surface area contributed by atoms with Gasteiger partial charge in [0, 0.05) is 43.4 Å². The van der Waals surface area contributed by atoms with Crippen molar-refractivity contribution in [1.82, 2.24) is 9.99 Å². The van der Waals surface area contributed by atoms with E-state index in [2.05, 4.69) is 16.2 Å². The molecule has 2 heterocycles. The molecule has 1 aromatic heterocycles. The zero-order valence-electron chi connectivity index (χ0n) is 10.4. The number of aryl methyl sites for hydroxylation is 1. The van der Waals surface area contributed by atoms with E-state index in [0.29, 0.717) is 11.1 Å². The summed E-state index contributed by atoms with van der Waals surface area (Å²) in [5.74, 6) is 0.0715. The highest BCUT2D eigenvalue weighted by molar-refractivity contribution is 5.81. The molecule has 0 amide bonds. The minimum atomic E-state index is -0.204. The van der Waals surface area contributed by atoms with Crippen LogP contribution in [0.1, 0.15) is 17.0 Å². The zero-order valence-corrected chi connectivity index (χ0v) is 10.4. The van der Waals surface area contributed by atoms with Gasteiger partial charge in [0.15, 0.2) is 0 Å². The van der Waals surface area contributed by atoms with Crippen LogP contribution < -0.4 is 0 Å². The number of nitrogens with zero attached hydrogens (tertiary/aromatic N) is 3. The number of hydrogen-bond donors (Lipinski definition) is 0. The fourth-order valence-corrected chi connectivity index (χ4v) is 2.25. The van der Waals surface area contributed by atoms with Crippen molar-refractivity contribution in [2.45, 2.75) is 12.8 Å². The lowest BCUT2D eigenvalue weighted by Crippen LogP contribution is -2.12. The Hall–Kier alpha value is -1.97. The molecular weight excluding hydrogens is 229 g/mol. The third-order valence-electron chi connectivity index (χ3n) is 3.32. The van der Waals surface area contributed by atoms with Crippen molar-refractivity contribution in [2.24, 2.45) is 5.10 Å². The number of pyridine rings is 1. The second kappa shape index (κ2) is 4.05. The third-order valence-corrected chi connectivity index (χ3v) is 3.32. The van der Waals surface area contributed by atoms with Crippen LogP contribution in [0.5, 0.6) is 0 Å². The van der Waals surface area contributed by atoms with Crippen LogP contribution in [0.25, 0.3) is 10.9 Å². The van der Waals surface area contributed by atoms with E-state index in [4.69, 9.17) is 0 Å². The minimum Gasteiger partial charge on any atom is -0.299 e. The molecule has 3 nitrogen and oxygen atoms in total. The van der Waals surface area contributed by atoms with Gasteiger partial charge >= 0.3 is 0 Å². The van der Waals surface area contributed by atoms with E-state index in [1.54, 1.807) is 6.92 Å². The Balaban J connectivity index is 2.06. The summed E-state index contributed by atoms with van der Waals surface area (Å²) < 4.78 is 13.4. The van der Waals surface area contributed by atoms with Crippen molar-refractivity contribution < 1.29 is 4.39 Å². The van der Waals surface area contributed by atoms with Crippen LogP contribution in [0.3, 0.4) is 0 Å². The van der Waals surface area contributed by atoms with E-state index in [-0.39, 0.29) is 11.7 Å². The number of rotatable bonds is 1. The van der Waals surface area contributed by atoms with Gasteiger partial charge in [0.25, 0.3) is 0 Å². The van der Waals surface area contributed by atoms with Crippen LogP contribution in [0.2, 0.25) is 0 Å². The van der Waals surface area contributed by atoms with Gasteiger partial charge in [0.1, 0.15) is 5.82 Å². The summed E-state index contributed by atoms with van der Waals surface area (Å²) in [4.78, 5) is 4.33. The minimum absolute atomic E-state index is 0.204. The summed E-state index contributed by atoms with van der Waals surface area (Å²) in [6, 6.07) is 5.41. The Morgan fingerprint density at radius 3 is 2.89 bits per heavy atom. The first-order valence-corrected chi connectivity index (χ1v) is 5.94. The van der Waals surface area contributed by atoms with E-state index >= 15 is 0 Å². The predicted molar refractivity (Wildman–Crippen MR) is 70.3 cm³/mol. The molecule has 0 saturated carbocycles. The fraction of sp³-hybridized carbons (Fsp3) is 0.286. The molecule has 92 valence electrons. The molecule has 4 heteroatoms. The van der Waals surface area contributed by atoms with Crippen LogP contribution in [0, 0.1) is 12.7 Å². The van der Waals surface area contributed by atoms with Crippen LogP contribution in [-0.2, 0) is 0 Å². The monoisotopic (exact) mass is 243 g/mol. The number of hydrogen-bond acceptors (Lipinski definition) is 3. The van der Waals surface area contributed by atoms with Gasteiger partial charge in [-0.15, -0.1) is 0 Å². The molecule has 1 aliphatic rings. The van der Waals surface area contributed by atoms with Crippen LogP contribution in [0.4, 0.5) is 4.39 Å². The number of hydrazone groups is 1. The van der Waals surface area contributed by atoms with Gasteiger partial charge in [-0.3, -0.25) is 9.99 Å². The predicted octanol–water partition coefficient (Wildman–Crippen LogP) is 2.70. The topological polar surface area (TPSA) is 28.5 Å². The molecule has 0 fully saturated rings. The van der Waals surface area contributed by atoms with Crippen molar-refractivity contribution in [3.63, 3.8) is 0 Å². The molecule has 1 aromatic carbocycles. The van der Waals surface area contributed by atoms with E-state index in [1.807, 2.05) is 30.5 Å². The highest BCUT2D eigenvalue weighted by Gasteiger charge is 2.17. The molecule has 0 saturated heterocycles. The molecule has 18 heavy (non-hydrogen) atoms. The average Bonchev–Trinajstić information content (AvgIpc) is 2.77. The van der Waals surface area contributed by atoms with E-state index in [1.165, 1.54) is 6.07 Å². The molecule has 0 radical (unpaired) electrons. The number of aromatic nitrogens is 1. The number of halogens is 1. The largest absolute Gasteiger partial charge is 0.299 e. The molecule has 0 bridgehead atoms. The van der Waals surface area contributed by atoms with Crippen molar-refractivity contribution in [3.05, 3.63) is 41.3 Å². The van der Waals surface area contributed by atoms with Gasteiger partial charge in [-0.05, 0) is 30.2 Å². The summed E-state index contributed by atoms with van der Waals surface area (Å²) in [6.45, 7) is 2.64. The average molecular weight is 243 g/mol. The second-order valence-corrected chi connectivity index (χ2v) is 4.77. The van der Waals surface area contributed by atoms with Crippen LogP contribution in [-0.4, -0.2) is 29.8 Å². The van der Waals surface area contributed by atoms with Crippen molar-refractivity contribution >= 4 is 17.1 Å². The summed E-state index contributed by atoms with van der Waals surface area (Å²) >= 11 is 0.